The molecule has 15 heteroatoms. The van der Waals surface area contributed by atoms with Gasteiger partial charge in [-0.2, -0.15) is 0 Å². The van der Waals surface area contributed by atoms with Crippen molar-refractivity contribution in [1.29, 1.82) is 0 Å². The maximum absolute atomic E-state index is 13.9. The van der Waals surface area contributed by atoms with Gasteiger partial charge >= 0.3 is 23.9 Å². The van der Waals surface area contributed by atoms with Crippen molar-refractivity contribution in [3.05, 3.63) is 107 Å². The fourth-order valence-corrected chi connectivity index (χ4v) is 5.42. The Morgan fingerprint density at radius 1 is 0.667 bits per heavy atom. The Labute approximate surface area is 288 Å². The molecule has 0 spiro atoms. The van der Waals surface area contributed by atoms with E-state index in [-0.39, 0.29) is 40.2 Å². The van der Waals surface area contributed by atoms with Gasteiger partial charge in [0.15, 0.2) is 34.5 Å². The lowest BCUT2D eigenvalue weighted by molar-refractivity contribution is -0.166. The highest BCUT2D eigenvalue weighted by Gasteiger charge is 2.46. The Hall–Kier alpha value is -6.90. The van der Waals surface area contributed by atoms with Gasteiger partial charge < -0.3 is 55.1 Å². The molecule has 1 aliphatic heterocycles. The second kappa shape index (κ2) is 14.7. The maximum atomic E-state index is 13.9. The van der Waals surface area contributed by atoms with Gasteiger partial charge in [0.2, 0.25) is 12.2 Å². The van der Waals surface area contributed by atoms with Crippen molar-refractivity contribution in [3.63, 3.8) is 0 Å². The first-order valence-corrected chi connectivity index (χ1v) is 15.1. The number of hydrogen-bond donors (Lipinski definition) is 8. The molecule has 0 saturated carbocycles. The SMILES string of the molecule is O=C(/C=C/c1ccc(O)c2c1[C@H](C(=O)O[C@H](Cc1ccc(O)c(O)c1)C(=O)O)[C@H](c1ccc(O)c(O)c1)O2)O[C@H](Cc1ccc(O)cc1)C(=O)O. The number of carbonyl (C=O) groups is 4. The Bertz CT molecular complexity index is 2020. The number of phenolic OH excluding ortho intramolecular Hbond substituents is 6. The second-order valence-electron chi connectivity index (χ2n) is 11.4. The van der Waals surface area contributed by atoms with Crippen molar-refractivity contribution in [2.75, 3.05) is 0 Å². The van der Waals surface area contributed by atoms with Gasteiger partial charge in [0, 0.05) is 24.5 Å². The molecule has 4 aromatic carbocycles. The quantitative estimate of drug-likeness (QED) is 0.0596. The number of rotatable bonds is 12. The van der Waals surface area contributed by atoms with Crippen LogP contribution in [0, 0.1) is 0 Å². The molecule has 0 radical (unpaired) electrons. The minimum absolute atomic E-state index is 0.0429. The number of carboxylic acids is 2. The fraction of sp³-hybridized carbons (Fsp3) is 0.167. The first-order valence-electron chi connectivity index (χ1n) is 15.1. The summed E-state index contributed by atoms with van der Waals surface area (Å²) in [5.41, 5.74) is 0.768. The van der Waals surface area contributed by atoms with Gasteiger partial charge in [-0.25, -0.2) is 14.4 Å². The van der Waals surface area contributed by atoms with E-state index in [4.69, 9.17) is 14.2 Å². The van der Waals surface area contributed by atoms with Crippen LogP contribution in [0.25, 0.3) is 6.08 Å². The monoisotopic (exact) mass is 702 g/mol. The van der Waals surface area contributed by atoms with Crippen LogP contribution in [0.4, 0.5) is 0 Å². The normalized spacial score (nSPS) is 16.1. The molecule has 0 saturated heterocycles. The maximum Gasteiger partial charge on any atom is 0.345 e. The summed E-state index contributed by atoms with van der Waals surface area (Å²) < 4.78 is 16.5. The third kappa shape index (κ3) is 8.05. The molecule has 51 heavy (non-hydrogen) atoms. The smallest absolute Gasteiger partial charge is 0.345 e. The number of aromatic hydroxyl groups is 6. The molecule has 0 bridgehead atoms. The highest BCUT2D eigenvalue weighted by molar-refractivity contribution is 5.92. The average molecular weight is 703 g/mol. The van der Waals surface area contributed by atoms with Crippen LogP contribution in [0.3, 0.4) is 0 Å². The van der Waals surface area contributed by atoms with E-state index in [1.165, 1.54) is 48.5 Å². The third-order valence-electron chi connectivity index (χ3n) is 7.93. The number of carboxylic acid groups (broad SMARTS) is 2. The summed E-state index contributed by atoms with van der Waals surface area (Å²) >= 11 is 0. The van der Waals surface area contributed by atoms with Crippen molar-refractivity contribution in [1.82, 2.24) is 0 Å². The second-order valence-corrected chi connectivity index (χ2v) is 11.4. The van der Waals surface area contributed by atoms with E-state index in [1.807, 2.05) is 0 Å². The van der Waals surface area contributed by atoms with Crippen LogP contribution in [0.15, 0.2) is 78.9 Å². The van der Waals surface area contributed by atoms with Gasteiger partial charge in [0.1, 0.15) is 17.8 Å². The zero-order valence-electron chi connectivity index (χ0n) is 26.2. The summed E-state index contributed by atoms with van der Waals surface area (Å²) in [6, 6.07) is 15.1. The Morgan fingerprint density at radius 2 is 1.24 bits per heavy atom. The Balaban J connectivity index is 1.47. The molecule has 1 heterocycles. The van der Waals surface area contributed by atoms with E-state index in [2.05, 4.69) is 0 Å². The average Bonchev–Trinajstić information content (AvgIpc) is 3.49. The van der Waals surface area contributed by atoms with Crippen LogP contribution in [0.5, 0.6) is 40.2 Å². The summed E-state index contributed by atoms with van der Waals surface area (Å²) in [7, 11) is 0. The van der Waals surface area contributed by atoms with Crippen molar-refractivity contribution in [2.24, 2.45) is 0 Å². The number of benzene rings is 4. The highest BCUT2D eigenvalue weighted by atomic mass is 16.6. The molecule has 8 N–H and O–H groups in total. The van der Waals surface area contributed by atoms with Crippen molar-refractivity contribution < 1.29 is 74.2 Å². The topological polar surface area (TPSA) is 258 Å². The number of esters is 2. The molecular formula is C36H30O15. The van der Waals surface area contributed by atoms with Crippen molar-refractivity contribution >= 4 is 30.0 Å². The number of ether oxygens (including phenoxy) is 3. The third-order valence-corrected chi connectivity index (χ3v) is 7.93. The summed E-state index contributed by atoms with van der Waals surface area (Å²) in [5.74, 6) is -9.64. The molecule has 4 atom stereocenters. The first-order chi connectivity index (χ1) is 24.2. The number of carbonyl (C=O) groups excluding carboxylic acids is 2. The van der Waals surface area contributed by atoms with Gasteiger partial charge in [-0.3, -0.25) is 4.79 Å². The van der Waals surface area contributed by atoms with Gasteiger partial charge in [0.05, 0.1) is 0 Å². The van der Waals surface area contributed by atoms with Gasteiger partial charge in [0.25, 0.3) is 0 Å². The fourth-order valence-electron chi connectivity index (χ4n) is 5.42. The molecule has 0 fully saturated rings. The van der Waals surface area contributed by atoms with Crippen LogP contribution in [-0.4, -0.2) is 76.9 Å². The molecule has 0 amide bonds. The van der Waals surface area contributed by atoms with Crippen LogP contribution in [0.2, 0.25) is 0 Å². The Morgan fingerprint density at radius 3 is 1.86 bits per heavy atom. The van der Waals surface area contributed by atoms with E-state index in [1.54, 1.807) is 0 Å². The summed E-state index contributed by atoms with van der Waals surface area (Å²) in [4.78, 5) is 50.8. The molecule has 1 aliphatic rings. The lowest BCUT2D eigenvalue weighted by Crippen LogP contribution is -2.33. The minimum Gasteiger partial charge on any atom is -0.508 e. The van der Waals surface area contributed by atoms with E-state index in [9.17, 15) is 60.0 Å². The van der Waals surface area contributed by atoms with Gasteiger partial charge in [-0.1, -0.05) is 30.3 Å². The molecule has 264 valence electrons. The first kappa shape index (κ1) is 35.4. The lowest BCUT2D eigenvalue weighted by Gasteiger charge is -2.22. The van der Waals surface area contributed by atoms with Crippen molar-refractivity contribution in [2.45, 2.75) is 37.1 Å². The summed E-state index contributed by atoms with van der Waals surface area (Å²) in [6.45, 7) is 0. The van der Waals surface area contributed by atoms with Crippen molar-refractivity contribution in [3.8, 4) is 40.2 Å². The molecule has 4 aromatic rings. The minimum atomic E-state index is -1.83. The number of fused-ring (bicyclic) bond motifs is 1. The summed E-state index contributed by atoms with van der Waals surface area (Å²) in [5, 5.41) is 79.3. The standard InChI is InChI=1S/C36H30O15/c37-21-7-1-17(2-8-21)14-27(34(44)45)49-29(43)12-6-19-4-11-24(40)33-30(19)31(32(51-33)20-5-10-23(39)26(42)16-20)36(48)50-28(35(46)47)15-18-3-9-22(38)25(41)13-18/h1-13,16,27-28,31-32,37-42H,14-15H2,(H,44,45)(H,46,47)/b12-6+/t27-,28-,31+,32+/m1/s1. The predicted molar refractivity (Wildman–Crippen MR) is 173 cm³/mol. The number of hydrogen-bond acceptors (Lipinski definition) is 13. The zero-order valence-corrected chi connectivity index (χ0v) is 26.2. The predicted octanol–water partition coefficient (Wildman–Crippen LogP) is 3.63. The molecule has 0 aliphatic carbocycles. The largest absolute Gasteiger partial charge is 0.508 e. The van der Waals surface area contributed by atoms with E-state index in [0.29, 0.717) is 5.56 Å². The lowest BCUT2D eigenvalue weighted by atomic mass is 9.87. The van der Waals surface area contributed by atoms with Crippen LogP contribution < -0.4 is 4.74 Å². The van der Waals surface area contributed by atoms with Gasteiger partial charge in [-0.15, -0.1) is 0 Å². The van der Waals surface area contributed by atoms with Crippen LogP contribution >= 0.6 is 0 Å². The number of aliphatic carboxylic acids is 2. The number of phenols is 6. The summed E-state index contributed by atoms with van der Waals surface area (Å²) in [6.07, 6.45) is -3.44. The molecule has 5 rings (SSSR count). The molecule has 0 unspecified atom stereocenters. The van der Waals surface area contributed by atoms with E-state index in [0.717, 1.165) is 36.4 Å². The molecule has 0 aromatic heterocycles. The van der Waals surface area contributed by atoms with E-state index < -0.39 is 83.3 Å². The van der Waals surface area contributed by atoms with Crippen LogP contribution in [-0.2, 0) is 41.5 Å². The Kier molecular flexibility index (Phi) is 10.2. The van der Waals surface area contributed by atoms with Crippen LogP contribution in [0.1, 0.15) is 39.8 Å². The highest BCUT2D eigenvalue weighted by Crippen LogP contribution is 2.53. The molecular weight excluding hydrogens is 672 g/mol. The van der Waals surface area contributed by atoms with E-state index >= 15 is 0 Å². The molecule has 15 nitrogen and oxygen atoms in total. The van der Waals surface area contributed by atoms with Gasteiger partial charge in [-0.05, 0) is 70.8 Å². The zero-order chi connectivity index (χ0) is 37.0.